The zero-order valence-electron chi connectivity index (χ0n) is 7.41. The molecule has 3 heteroatoms. The average molecular weight is 177 g/mol. The van der Waals surface area contributed by atoms with Gasteiger partial charge in [0.25, 0.3) is 5.91 Å². The Morgan fingerprint density at radius 2 is 2.23 bits per heavy atom. The summed E-state index contributed by atoms with van der Waals surface area (Å²) >= 11 is 0. The molecule has 68 valence electrons. The molecule has 2 rings (SSSR count). The van der Waals surface area contributed by atoms with Crippen LogP contribution in [0.3, 0.4) is 0 Å². The minimum Gasteiger partial charge on any atom is -0.477 e. The van der Waals surface area contributed by atoms with Crippen molar-refractivity contribution in [2.75, 3.05) is 0 Å². The average Bonchev–Trinajstić information content (AvgIpc) is 2.42. The molecule has 1 aromatic carbocycles. The van der Waals surface area contributed by atoms with Crippen LogP contribution in [0.1, 0.15) is 12.5 Å². The summed E-state index contributed by atoms with van der Waals surface area (Å²) in [5.74, 6) is 0.354. The minimum absolute atomic E-state index is 0.413. The molecular formula is C10H11NO2. The number of hydrogen-bond acceptors (Lipinski definition) is 2. The van der Waals surface area contributed by atoms with Gasteiger partial charge in [-0.2, -0.15) is 0 Å². The maximum Gasteiger partial charge on any atom is 0.261 e. The highest BCUT2D eigenvalue weighted by molar-refractivity contribution is 5.84. The maximum atomic E-state index is 11.1. The number of primary amides is 1. The first kappa shape index (κ1) is 8.10. The number of para-hydroxylation sites is 1. The zero-order valence-corrected chi connectivity index (χ0v) is 7.41. The number of hydrogen-bond donors (Lipinski definition) is 1. The van der Waals surface area contributed by atoms with Gasteiger partial charge < -0.3 is 10.5 Å². The summed E-state index contributed by atoms with van der Waals surface area (Å²) < 4.78 is 5.48. The van der Waals surface area contributed by atoms with Crippen molar-refractivity contribution in [2.24, 2.45) is 5.73 Å². The molecule has 0 aliphatic carbocycles. The van der Waals surface area contributed by atoms with Gasteiger partial charge in [0.2, 0.25) is 0 Å². The Labute approximate surface area is 76.5 Å². The summed E-state index contributed by atoms with van der Waals surface area (Å²) in [7, 11) is 0. The Bertz CT molecular complexity index is 335. The monoisotopic (exact) mass is 177 g/mol. The Morgan fingerprint density at radius 1 is 1.54 bits per heavy atom. The molecule has 2 N–H and O–H groups in total. The van der Waals surface area contributed by atoms with Crippen LogP contribution in [0.4, 0.5) is 0 Å². The molecular weight excluding hydrogens is 166 g/mol. The number of fused-ring (bicyclic) bond motifs is 1. The molecule has 0 fully saturated rings. The molecule has 1 amide bonds. The van der Waals surface area contributed by atoms with E-state index in [1.54, 1.807) is 6.92 Å². The van der Waals surface area contributed by atoms with Crippen LogP contribution in [0.15, 0.2) is 24.3 Å². The molecule has 1 heterocycles. The Morgan fingerprint density at radius 3 is 2.85 bits per heavy atom. The van der Waals surface area contributed by atoms with Crippen molar-refractivity contribution in [2.45, 2.75) is 18.9 Å². The van der Waals surface area contributed by atoms with Gasteiger partial charge in [0.15, 0.2) is 5.60 Å². The maximum absolute atomic E-state index is 11.1. The van der Waals surface area contributed by atoms with Crippen molar-refractivity contribution in [1.82, 2.24) is 0 Å². The molecule has 1 unspecified atom stereocenters. The first-order chi connectivity index (χ1) is 6.12. The van der Waals surface area contributed by atoms with Crippen molar-refractivity contribution in [1.29, 1.82) is 0 Å². The smallest absolute Gasteiger partial charge is 0.261 e. The molecule has 3 nitrogen and oxygen atoms in total. The summed E-state index contributed by atoms with van der Waals surface area (Å²) in [6, 6.07) is 7.60. The highest BCUT2D eigenvalue weighted by Gasteiger charge is 2.39. The quantitative estimate of drug-likeness (QED) is 0.691. The van der Waals surface area contributed by atoms with Gasteiger partial charge in [-0.3, -0.25) is 4.79 Å². The van der Waals surface area contributed by atoms with Crippen molar-refractivity contribution in [3.05, 3.63) is 29.8 Å². The van der Waals surface area contributed by atoms with Crippen molar-refractivity contribution < 1.29 is 9.53 Å². The molecule has 1 atom stereocenters. The van der Waals surface area contributed by atoms with E-state index in [-0.39, 0.29) is 0 Å². The first-order valence-corrected chi connectivity index (χ1v) is 4.19. The molecule has 0 radical (unpaired) electrons. The number of ether oxygens (including phenoxy) is 1. The van der Waals surface area contributed by atoms with Gasteiger partial charge in [0.1, 0.15) is 5.75 Å². The second-order valence-corrected chi connectivity index (χ2v) is 3.48. The second-order valence-electron chi connectivity index (χ2n) is 3.48. The van der Waals surface area contributed by atoms with E-state index >= 15 is 0 Å². The molecule has 0 saturated heterocycles. The molecule has 0 aromatic heterocycles. The fourth-order valence-electron chi connectivity index (χ4n) is 1.53. The van der Waals surface area contributed by atoms with Crippen molar-refractivity contribution in [3.8, 4) is 5.75 Å². The predicted octanol–water partition coefficient (Wildman–Crippen LogP) is 0.865. The Balaban J connectivity index is 2.37. The lowest BCUT2D eigenvalue weighted by atomic mass is 9.99. The Hall–Kier alpha value is -1.51. The van der Waals surface area contributed by atoms with Gasteiger partial charge in [0, 0.05) is 6.42 Å². The molecule has 0 bridgehead atoms. The van der Waals surface area contributed by atoms with E-state index in [1.165, 1.54) is 0 Å². The van der Waals surface area contributed by atoms with Crippen LogP contribution in [0, 0.1) is 0 Å². The summed E-state index contributed by atoms with van der Waals surface area (Å²) in [5, 5.41) is 0. The van der Waals surface area contributed by atoms with E-state index in [0.29, 0.717) is 6.42 Å². The number of benzene rings is 1. The van der Waals surface area contributed by atoms with E-state index in [4.69, 9.17) is 10.5 Å². The zero-order chi connectivity index (χ0) is 9.47. The van der Waals surface area contributed by atoms with Crippen LogP contribution >= 0.6 is 0 Å². The summed E-state index contributed by atoms with van der Waals surface area (Å²) in [4.78, 5) is 11.1. The summed E-state index contributed by atoms with van der Waals surface area (Å²) in [6.45, 7) is 1.72. The number of nitrogens with two attached hydrogens (primary N) is 1. The van der Waals surface area contributed by atoms with Crippen LogP contribution in [-0.2, 0) is 11.2 Å². The molecule has 1 aromatic rings. The predicted molar refractivity (Wildman–Crippen MR) is 48.4 cm³/mol. The van der Waals surface area contributed by atoms with Crippen molar-refractivity contribution >= 4 is 5.91 Å². The largest absolute Gasteiger partial charge is 0.477 e. The van der Waals surface area contributed by atoms with Gasteiger partial charge in [-0.25, -0.2) is 0 Å². The molecule has 1 aliphatic heterocycles. The number of rotatable bonds is 1. The van der Waals surface area contributed by atoms with Gasteiger partial charge >= 0.3 is 0 Å². The topological polar surface area (TPSA) is 52.3 Å². The Kier molecular flexibility index (Phi) is 1.55. The lowest BCUT2D eigenvalue weighted by molar-refractivity contribution is -0.130. The van der Waals surface area contributed by atoms with Crippen LogP contribution in [0.5, 0.6) is 5.75 Å². The third kappa shape index (κ3) is 1.16. The van der Waals surface area contributed by atoms with Crippen LogP contribution in [0.2, 0.25) is 0 Å². The first-order valence-electron chi connectivity index (χ1n) is 4.19. The SMILES string of the molecule is CC1(C(N)=O)Cc2ccccc2O1. The van der Waals surface area contributed by atoms with E-state index in [0.717, 1.165) is 11.3 Å². The van der Waals surface area contributed by atoms with Gasteiger partial charge in [-0.1, -0.05) is 18.2 Å². The third-order valence-corrected chi connectivity index (χ3v) is 2.36. The fraction of sp³-hybridized carbons (Fsp3) is 0.300. The van der Waals surface area contributed by atoms with Crippen LogP contribution in [-0.4, -0.2) is 11.5 Å². The van der Waals surface area contributed by atoms with Gasteiger partial charge in [-0.15, -0.1) is 0 Å². The molecule has 0 spiro atoms. The van der Waals surface area contributed by atoms with Gasteiger partial charge in [0.05, 0.1) is 0 Å². The summed E-state index contributed by atoms with van der Waals surface area (Å²) in [5.41, 5.74) is 5.44. The summed E-state index contributed by atoms with van der Waals surface area (Å²) in [6.07, 6.45) is 0.568. The standard InChI is InChI=1S/C10H11NO2/c1-10(9(11)12)6-7-4-2-3-5-8(7)13-10/h2-5H,6H2,1H3,(H2,11,12). The lowest BCUT2D eigenvalue weighted by Crippen LogP contribution is -2.45. The highest BCUT2D eigenvalue weighted by atomic mass is 16.5. The molecule has 0 saturated carbocycles. The molecule has 13 heavy (non-hydrogen) atoms. The van der Waals surface area contributed by atoms with E-state index in [1.807, 2.05) is 24.3 Å². The number of amides is 1. The third-order valence-electron chi connectivity index (χ3n) is 2.36. The highest BCUT2D eigenvalue weighted by Crippen LogP contribution is 2.34. The van der Waals surface area contributed by atoms with Crippen molar-refractivity contribution in [3.63, 3.8) is 0 Å². The second kappa shape index (κ2) is 2.49. The number of carbonyl (C=O) groups is 1. The van der Waals surface area contributed by atoms with Crippen LogP contribution < -0.4 is 10.5 Å². The van der Waals surface area contributed by atoms with E-state index in [9.17, 15) is 4.79 Å². The minimum atomic E-state index is -0.857. The number of carbonyl (C=O) groups excluding carboxylic acids is 1. The fourth-order valence-corrected chi connectivity index (χ4v) is 1.53. The normalized spacial score (nSPS) is 25.0. The van der Waals surface area contributed by atoms with Crippen LogP contribution in [0.25, 0.3) is 0 Å². The van der Waals surface area contributed by atoms with E-state index in [2.05, 4.69) is 0 Å². The van der Waals surface area contributed by atoms with E-state index < -0.39 is 11.5 Å². The molecule has 1 aliphatic rings. The lowest BCUT2D eigenvalue weighted by Gasteiger charge is -2.18. The van der Waals surface area contributed by atoms with Gasteiger partial charge in [-0.05, 0) is 18.6 Å².